The van der Waals surface area contributed by atoms with Crippen LogP contribution in [0.2, 0.25) is 0 Å². The van der Waals surface area contributed by atoms with Crippen molar-refractivity contribution < 1.29 is 38.4 Å². The standard InChI is InChI=1S/C26H24N6O10/c1-5-39-20(33)14-28-22-21(32(37)38)23(40-18-10-9-16(13-27)19(12-18)31(35)36)30-25(29-22)41-17-8-6-7-15(11-17)24(34)42-26(2,3)4/h6-12H,5,14H2,1-4H3,(H,28,29,30). The number of benzene rings is 2. The molecule has 0 saturated carbocycles. The molecule has 0 atom stereocenters. The molecule has 0 aliphatic rings. The summed E-state index contributed by atoms with van der Waals surface area (Å²) in [6, 6.07) is 10.1. The maximum atomic E-state index is 12.5. The zero-order chi connectivity index (χ0) is 31.0. The van der Waals surface area contributed by atoms with E-state index in [1.165, 1.54) is 30.3 Å². The first-order chi connectivity index (χ1) is 19.8. The van der Waals surface area contributed by atoms with Crippen molar-refractivity contribution in [1.82, 2.24) is 9.97 Å². The van der Waals surface area contributed by atoms with Crippen LogP contribution in [-0.4, -0.2) is 50.5 Å². The van der Waals surface area contributed by atoms with Gasteiger partial charge in [-0.3, -0.25) is 25.0 Å². The first kappa shape index (κ1) is 30.7. The predicted molar refractivity (Wildman–Crippen MR) is 143 cm³/mol. The van der Waals surface area contributed by atoms with Gasteiger partial charge in [-0.05, 0) is 58.0 Å². The highest BCUT2D eigenvalue weighted by atomic mass is 16.6. The zero-order valence-electron chi connectivity index (χ0n) is 22.8. The van der Waals surface area contributed by atoms with E-state index in [9.17, 15) is 29.8 Å². The van der Waals surface area contributed by atoms with Gasteiger partial charge in [-0.25, -0.2) is 4.79 Å². The number of anilines is 1. The molecule has 2 aromatic carbocycles. The van der Waals surface area contributed by atoms with Crippen LogP contribution in [0, 0.1) is 31.6 Å². The lowest BCUT2D eigenvalue weighted by Crippen LogP contribution is -2.23. The van der Waals surface area contributed by atoms with Gasteiger partial charge in [0.2, 0.25) is 5.82 Å². The molecule has 0 aliphatic carbocycles. The van der Waals surface area contributed by atoms with Gasteiger partial charge in [0.25, 0.3) is 5.69 Å². The van der Waals surface area contributed by atoms with Crippen molar-refractivity contribution in [2.75, 3.05) is 18.5 Å². The van der Waals surface area contributed by atoms with Crippen LogP contribution >= 0.6 is 0 Å². The molecule has 0 fully saturated rings. The van der Waals surface area contributed by atoms with Crippen LogP contribution in [0.4, 0.5) is 17.2 Å². The van der Waals surface area contributed by atoms with Crippen molar-refractivity contribution in [3.8, 4) is 29.5 Å². The molecule has 1 N–H and O–H groups in total. The summed E-state index contributed by atoms with van der Waals surface area (Å²) >= 11 is 0. The SMILES string of the molecule is CCOC(=O)CNc1nc(Oc2cccc(C(=O)OC(C)(C)C)c2)nc(Oc2ccc(C#N)c([N+](=O)[O-])c2)c1[N+](=O)[O-]. The Hall–Kier alpha value is -5.85. The Morgan fingerprint density at radius 1 is 1.02 bits per heavy atom. The summed E-state index contributed by atoms with van der Waals surface area (Å²) < 4.78 is 21.4. The molecule has 16 nitrogen and oxygen atoms in total. The Bertz CT molecular complexity index is 1580. The van der Waals surface area contributed by atoms with Crippen molar-refractivity contribution in [1.29, 1.82) is 5.26 Å². The van der Waals surface area contributed by atoms with Crippen LogP contribution in [0.1, 0.15) is 43.6 Å². The third-order valence-electron chi connectivity index (χ3n) is 4.90. The molecule has 3 aromatic rings. The summed E-state index contributed by atoms with van der Waals surface area (Å²) in [6.45, 7) is 6.20. The third kappa shape index (κ3) is 8.08. The minimum Gasteiger partial charge on any atom is -0.465 e. The van der Waals surface area contributed by atoms with Gasteiger partial charge in [0.1, 0.15) is 35.3 Å². The average molecular weight is 581 g/mol. The third-order valence-corrected chi connectivity index (χ3v) is 4.90. The fourth-order valence-electron chi connectivity index (χ4n) is 3.25. The van der Waals surface area contributed by atoms with Gasteiger partial charge >= 0.3 is 29.5 Å². The number of ether oxygens (including phenoxy) is 4. The monoisotopic (exact) mass is 580 g/mol. The lowest BCUT2D eigenvalue weighted by molar-refractivity contribution is -0.385. The van der Waals surface area contributed by atoms with Gasteiger partial charge in [0.05, 0.1) is 28.1 Å². The number of aromatic nitrogens is 2. The van der Waals surface area contributed by atoms with Crippen LogP contribution in [0.5, 0.6) is 23.4 Å². The second-order valence-electron chi connectivity index (χ2n) is 9.21. The number of nitro benzene ring substituents is 1. The Morgan fingerprint density at radius 2 is 1.74 bits per heavy atom. The molecule has 0 radical (unpaired) electrons. The smallest absolute Gasteiger partial charge is 0.373 e. The molecule has 218 valence electrons. The Morgan fingerprint density at radius 3 is 2.36 bits per heavy atom. The van der Waals surface area contributed by atoms with Crippen molar-refractivity contribution in [2.45, 2.75) is 33.3 Å². The second-order valence-corrected chi connectivity index (χ2v) is 9.21. The molecule has 0 amide bonds. The number of nitro groups is 2. The average Bonchev–Trinajstić information content (AvgIpc) is 2.91. The molecular weight excluding hydrogens is 556 g/mol. The molecule has 1 heterocycles. The highest BCUT2D eigenvalue weighted by Crippen LogP contribution is 2.38. The second kappa shape index (κ2) is 13.0. The van der Waals surface area contributed by atoms with Crippen molar-refractivity contribution >= 4 is 29.1 Å². The van der Waals surface area contributed by atoms with Crippen molar-refractivity contribution in [2.24, 2.45) is 0 Å². The van der Waals surface area contributed by atoms with E-state index in [1.54, 1.807) is 33.8 Å². The van der Waals surface area contributed by atoms with E-state index in [1.807, 2.05) is 0 Å². The molecule has 1 aromatic heterocycles. The molecule has 0 saturated heterocycles. The van der Waals surface area contributed by atoms with E-state index in [0.29, 0.717) is 0 Å². The highest BCUT2D eigenvalue weighted by Gasteiger charge is 2.29. The van der Waals surface area contributed by atoms with E-state index in [2.05, 4.69) is 15.3 Å². The number of carbonyl (C=O) groups is 2. The van der Waals surface area contributed by atoms with Gasteiger partial charge in [-0.2, -0.15) is 15.2 Å². The maximum Gasteiger partial charge on any atom is 0.373 e. The van der Waals surface area contributed by atoms with Gasteiger partial charge < -0.3 is 24.3 Å². The maximum absolute atomic E-state index is 12.5. The first-order valence-corrected chi connectivity index (χ1v) is 12.1. The van der Waals surface area contributed by atoms with E-state index < -0.39 is 63.0 Å². The largest absolute Gasteiger partial charge is 0.465 e. The fraction of sp³-hybridized carbons (Fsp3) is 0.269. The minimum absolute atomic E-state index is 0.0449. The highest BCUT2D eigenvalue weighted by molar-refractivity contribution is 5.90. The molecule has 0 spiro atoms. The lowest BCUT2D eigenvalue weighted by atomic mass is 10.1. The first-order valence-electron chi connectivity index (χ1n) is 12.1. The summed E-state index contributed by atoms with van der Waals surface area (Å²) in [6.07, 6.45) is 0. The summed E-state index contributed by atoms with van der Waals surface area (Å²) in [7, 11) is 0. The number of hydrogen-bond donors (Lipinski definition) is 1. The van der Waals surface area contributed by atoms with Crippen LogP contribution in [0.15, 0.2) is 42.5 Å². The lowest BCUT2D eigenvalue weighted by Gasteiger charge is -2.19. The number of nitrogens with zero attached hydrogens (tertiary/aromatic N) is 5. The van der Waals surface area contributed by atoms with Crippen LogP contribution in [0.25, 0.3) is 0 Å². The minimum atomic E-state index is -0.895. The normalized spacial score (nSPS) is 10.6. The number of nitriles is 1. The number of esters is 2. The zero-order valence-corrected chi connectivity index (χ0v) is 22.8. The topological polar surface area (TPSA) is 219 Å². The Balaban J connectivity index is 2.07. The van der Waals surface area contributed by atoms with E-state index >= 15 is 0 Å². The molecule has 16 heteroatoms. The summed E-state index contributed by atoms with van der Waals surface area (Å²) in [4.78, 5) is 54.1. The summed E-state index contributed by atoms with van der Waals surface area (Å²) in [5.74, 6) is -2.82. The number of nitrogens with one attached hydrogen (secondary N) is 1. The quantitative estimate of drug-likeness (QED) is 0.185. The molecular formula is C26H24N6O10. The van der Waals surface area contributed by atoms with Crippen molar-refractivity contribution in [3.05, 3.63) is 73.8 Å². The van der Waals surface area contributed by atoms with Gasteiger partial charge in [0.15, 0.2) is 0 Å². The molecule has 0 aliphatic heterocycles. The number of hydrogen-bond acceptors (Lipinski definition) is 14. The number of carbonyl (C=O) groups excluding carboxylic acids is 2. The Kier molecular flexibility index (Phi) is 9.50. The molecule has 0 bridgehead atoms. The molecule has 3 rings (SSSR count). The van der Waals surface area contributed by atoms with Crippen LogP contribution in [-0.2, 0) is 14.3 Å². The Labute approximate surface area is 238 Å². The summed E-state index contributed by atoms with van der Waals surface area (Å²) in [5.41, 5.74) is -2.34. The van der Waals surface area contributed by atoms with Gasteiger partial charge in [0, 0.05) is 0 Å². The molecule has 42 heavy (non-hydrogen) atoms. The van der Waals surface area contributed by atoms with E-state index in [0.717, 1.165) is 12.1 Å². The van der Waals surface area contributed by atoms with Crippen molar-refractivity contribution in [3.63, 3.8) is 0 Å². The van der Waals surface area contributed by atoms with E-state index in [-0.39, 0.29) is 29.2 Å². The van der Waals surface area contributed by atoms with Gasteiger partial charge in [-0.1, -0.05) is 6.07 Å². The number of rotatable bonds is 11. The predicted octanol–water partition coefficient (Wildman–Crippen LogP) is 4.68. The van der Waals surface area contributed by atoms with Crippen LogP contribution < -0.4 is 14.8 Å². The van der Waals surface area contributed by atoms with Gasteiger partial charge in [-0.15, -0.1) is 0 Å². The van der Waals surface area contributed by atoms with E-state index in [4.69, 9.17) is 24.2 Å². The van der Waals surface area contributed by atoms with Crippen LogP contribution in [0.3, 0.4) is 0 Å². The fourth-order valence-corrected chi connectivity index (χ4v) is 3.25. The molecule has 0 unspecified atom stereocenters. The summed E-state index contributed by atoms with van der Waals surface area (Å²) in [5, 5.41) is 35.0.